The summed E-state index contributed by atoms with van der Waals surface area (Å²) in [6.45, 7) is 5.47. The number of hydrogen-bond acceptors (Lipinski definition) is 5. The zero-order chi connectivity index (χ0) is 28.6. The number of rotatable bonds is 12. The summed E-state index contributed by atoms with van der Waals surface area (Å²) in [7, 11) is -2.73. The molecule has 0 aliphatic rings. The Bertz CT molecular complexity index is 1380. The Morgan fingerprint density at radius 3 is 2.23 bits per heavy atom. The molecule has 3 aromatic carbocycles. The molecular formula is C29H34ClN3O5S. The number of nitrogens with one attached hydrogen (secondary N) is 1. The number of hydrogen-bond donors (Lipinski definition) is 1. The van der Waals surface area contributed by atoms with Crippen LogP contribution in [0, 0.1) is 6.92 Å². The number of carbonyl (C=O) groups is 2. The molecule has 0 saturated carbocycles. The van der Waals surface area contributed by atoms with Crippen molar-refractivity contribution in [3.05, 3.63) is 88.9 Å². The first-order valence-corrected chi connectivity index (χ1v) is 14.5. The van der Waals surface area contributed by atoms with E-state index in [9.17, 15) is 18.0 Å². The fraction of sp³-hybridized carbons (Fsp3) is 0.310. The second kappa shape index (κ2) is 13.5. The molecule has 0 heterocycles. The highest BCUT2D eigenvalue weighted by atomic mass is 35.5. The first-order chi connectivity index (χ1) is 18.6. The fourth-order valence-corrected chi connectivity index (χ4v) is 5.83. The minimum atomic E-state index is -4.19. The van der Waals surface area contributed by atoms with Crippen LogP contribution in [-0.2, 0) is 26.2 Å². The zero-order valence-corrected chi connectivity index (χ0v) is 24.1. The molecule has 3 rings (SSSR count). The molecule has 0 fully saturated rings. The van der Waals surface area contributed by atoms with Crippen LogP contribution < -0.4 is 14.4 Å². The third kappa shape index (κ3) is 7.30. The van der Waals surface area contributed by atoms with Crippen LogP contribution in [0.2, 0.25) is 5.02 Å². The highest BCUT2D eigenvalue weighted by molar-refractivity contribution is 7.92. The predicted octanol–water partition coefficient (Wildman–Crippen LogP) is 4.80. The number of ether oxygens (including phenoxy) is 1. The van der Waals surface area contributed by atoms with Crippen molar-refractivity contribution in [2.24, 2.45) is 0 Å². The lowest BCUT2D eigenvalue weighted by Crippen LogP contribution is -2.52. The Balaban J connectivity index is 2.08. The molecule has 0 aliphatic heterocycles. The molecule has 39 heavy (non-hydrogen) atoms. The number of nitrogens with zero attached hydrogens (tertiary/aromatic N) is 2. The monoisotopic (exact) mass is 571 g/mol. The molecule has 1 N–H and O–H groups in total. The number of likely N-dealkylation sites (N-methyl/N-ethyl adjacent to an activating group) is 1. The van der Waals surface area contributed by atoms with Crippen molar-refractivity contribution >= 4 is 39.1 Å². The number of benzene rings is 3. The molecule has 0 unspecified atom stereocenters. The second-order valence-corrected chi connectivity index (χ2v) is 11.2. The van der Waals surface area contributed by atoms with Gasteiger partial charge in [0.15, 0.2) is 0 Å². The van der Waals surface area contributed by atoms with Crippen LogP contribution in [0.4, 0.5) is 5.69 Å². The van der Waals surface area contributed by atoms with Crippen molar-refractivity contribution in [3.8, 4) is 5.75 Å². The Morgan fingerprint density at radius 1 is 1.00 bits per heavy atom. The van der Waals surface area contributed by atoms with Crippen LogP contribution in [0.25, 0.3) is 0 Å². The molecule has 0 aromatic heterocycles. The van der Waals surface area contributed by atoms with Crippen LogP contribution in [0.1, 0.15) is 31.4 Å². The molecule has 0 bridgehead atoms. The SMILES string of the molecule is CCNC(=O)[C@@H](CC)N(Cc1ccccc1)C(=O)CN(c1ccc(OC)c(Cl)c1)S(=O)(=O)c1ccc(C)cc1. The molecule has 8 nitrogen and oxygen atoms in total. The minimum absolute atomic E-state index is 0.0261. The maximum Gasteiger partial charge on any atom is 0.264 e. The average molecular weight is 572 g/mol. The molecule has 0 aliphatic carbocycles. The van der Waals surface area contributed by atoms with Gasteiger partial charge in [0.05, 0.1) is 22.7 Å². The third-order valence-corrected chi connectivity index (χ3v) is 8.33. The van der Waals surface area contributed by atoms with Gasteiger partial charge in [0.1, 0.15) is 18.3 Å². The van der Waals surface area contributed by atoms with Crippen LogP contribution in [-0.4, -0.2) is 51.4 Å². The van der Waals surface area contributed by atoms with E-state index in [0.717, 1.165) is 15.4 Å². The van der Waals surface area contributed by atoms with E-state index in [1.807, 2.05) is 44.2 Å². The smallest absolute Gasteiger partial charge is 0.264 e. The fourth-order valence-electron chi connectivity index (χ4n) is 4.17. The number of amides is 2. The van der Waals surface area contributed by atoms with E-state index < -0.39 is 28.5 Å². The Morgan fingerprint density at radius 2 is 1.67 bits per heavy atom. The van der Waals surface area contributed by atoms with Crippen molar-refractivity contribution < 1.29 is 22.7 Å². The van der Waals surface area contributed by atoms with Crippen molar-refractivity contribution in [1.82, 2.24) is 10.2 Å². The predicted molar refractivity (Wildman–Crippen MR) is 153 cm³/mol. The summed E-state index contributed by atoms with van der Waals surface area (Å²) in [6, 6.07) is 19.4. The van der Waals surface area contributed by atoms with Gasteiger partial charge in [0.2, 0.25) is 11.8 Å². The van der Waals surface area contributed by atoms with Gasteiger partial charge in [0, 0.05) is 13.1 Å². The number of anilines is 1. The van der Waals surface area contributed by atoms with Gasteiger partial charge in [-0.15, -0.1) is 0 Å². The topological polar surface area (TPSA) is 96.0 Å². The standard InChI is InChI=1S/C29H34ClN3O5S/c1-5-26(29(35)31-6-2)32(19-22-10-8-7-9-11-22)28(34)20-33(23-14-17-27(38-4)25(30)18-23)39(36,37)24-15-12-21(3)13-16-24/h7-18,26H,5-6,19-20H2,1-4H3,(H,31,35)/t26-/m1/s1. The molecule has 2 amide bonds. The summed E-state index contributed by atoms with van der Waals surface area (Å²) in [4.78, 5) is 28.4. The van der Waals surface area contributed by atoms with Crippen LogP contribution in [0.5, 0.6) is 5.75 Å². The maximum absolute atomic E-state index is 14.0. The van der Waals surface area contributed by atoms with Gasteiger partial charge in [0.25, 0.3) is 10.0 Å². The quantitative estimate of drug-likeness (QED) is 0.337. The molecular weight excluding hydrogens is 538 g/mol. The lowest BCUT2D eigenvalue weighted by molar-refractivity contribution is -0.140. The third-order valence-electron chi connectivity index (χ3n) is 6.24. The Labute approximate surface area is 235 Å². The van der Waals surface area contributed by atoms with Crippen molar-refractivity contribution in [2.45, 2.75) is 44.7 Å². The summed E-state index contributed by atoms with van der Waals surface area (Å²) < 4.78 is 34.1. The van der Waals surface area contributed by atoms with Crippen molar-refractivity contribution in [2.75, 3.05) is 24.5 Å². The minimum Gasteiger partial charge on any atom is -0.495 e. The van der Waals surface area contributed by atoms with Gasteiger partial charge in [-0.1, -0.05) is 66.6 Å². The largest absolute Gasteiger partial charge is 0.495 e. The summed E-state index contributed by atoms with van der Waals surface area (Å²) in [5, 5.41) is 2.98. The maximum atomic E-state index is 14.0. The normalized spacial score (nSPS) is 11.9. The molecule has 208 valence electrons. The molecule has 1 atom stereocenters. The van der Waals surface area contributed by atoms with E-state index in [1.54, 1.807) is 25.1 Å². The number of methoxy groups -OCH3 is 1. The Hall–Kier alpha value is -3.56. The van der Waals surface area contributed by atoms with E-state index in [4.69, 9.17) is 16.3 Å². The van der Waals surface area contributed by atoms with Gasteiger partial charge in [-0.25, -0.2) is 8.42 Å². The van der Waals surface area contributed by atoms with Crippen molar-refractivity contribution in [1.29, 1.82) is 0 Å². The summed E-state index contributed by atoms with van der Waals surface area (Å²) in [5.41, 5.74) is 1.90. The molecule has 0 spiro atoms. The van der Waals surface area contributed by atoms with E-state index in [1.165, 1.54) is 36.3 Å². The van der Waals surface area contributed by atoms with E-state index in [0.29, 0.717) is 18.7 Å². The van der Waals surface area contributed by atoms with Gasteiger partial charge in [-0.05, 0) is 56.2 Å². The molecule has 3 aromatic rings. The Kier molecular flexibility index (Phi) is 10.4. The highest BCUT2D eigenvalue weighted by Crippen LogP contribution is 2.32. The number of carbonyl (C=O) groups excluding carboxylic acids is 2. The number of halogens is 1. The molecule has 10 heteroatoms. The highest BCUT2D eigenvalue weighted by Gasteiger charge is 2.33. The zero-order valence-electron chi connectivity index (χ0n) is 22.6. The van der Waals surface area contributed by atoms with Gasteiger partial charge in [-0.3, -0.25) is 13.9 Å². The second-order valence-electron chi connectivity index (χ2n) is 8.97. The summed E-state index contributed by atoms with van der Waals surface area (Å²) >= 11 is 6.35. The first-order valence-electron chi connectivity index (χ1n) is 12.7. The van der Waals surface area contributed by atoms with Gasteiger partial charge < -0.3 is 15.0 Å². The number of sulfonamides is 1. The van der Waals surface area contributed by atoms with Gasteiger partial charge in [-0.2, -0.15) is 0 Å². The van der Waals surface area contributed by atoms with Crippen LogP contribution in [0.15, 0.2) is 77.7 Å². The summed E-state index contributed by atoms with van der Waals surface area (Å²) in [5.74, 6) is -0.461. The number of aryl methyl sites for hydroxylation is 1. The van der Waals surface area contributed by atoms with E-state index >= 15 is 0 Å². The van der Waals surface area contributed by atoms with Gasteiger partial charge >= 0.3 is 0 Å². The molecule has 0 saturated heterocycles. The van der Waals surface area contributed by atoms with E-state index in [-0.39, 0.29) is 28.1 Å². The first kappa shape index (κ1) is 30.0. The van der Waals surface area contributed by atoms with Crippen LogP contribution in [0.3, 0.4) is 0 Å². The van der Waals surface area contributed by atoms with Crippen LogP contribution >= 0.6 is 11.6 Å². The lowest BCUT2D eigenvalue weighted by Gasteiger charge is -2.33. The van der Waals surface area contributed by atoms with Crippen molar-refractivity contribution in [3.63, 3.8) is 0 Å². The summed E-state index contributed by atoms with van der Waals surface area (Å²) in [6.07, 6.45) is 0.351. The average Bonchev–Trinajstić information content (AvgIpc) is 2.92. The van der Waals surface area contributed by atoms with E-state index in [2.05, 4.69) is 5.32 Å². The lowest BCUT2D eigenvalue weighted by atomic mass is 10.1. The molecule has 0 radical (unpaired) electrons.